The Bertz CT molecular complexity index is 2880. The van der Waals surface area contributed by atoms with Crippen LogP contribution in [0.3, 0.4) is 0 Å². The number of hydrogen-bond donors (Lipinski definition) is 4. The van der Waals surface area contributed by atoms with Crippen LogP contribution in [0.2, 0.25) is 0 Å². The predicted octanol–water partition coefficient (Wildman–Crippen LogP) is -5.40. The van der Waals surface area contributed by atoms with Gasteiger partial charge >= 0.3 is 88.7 Å². The second kappa shape index (κ2) is 20.2. The molecule has 0 saturated heterocycles. The first kappa shape index (κ1) is 50.2. The number of ketones is 2. The molecule has 0 unspecified atom stereocenters. The van der Waals surface area contributed by atoms with E-state index in [0.29, 0.717) is 22.6 Å². The van der Waals surface area contributed by atoms with Crippen LogP contribution >= 0.6 is 0 Å². The maximum absolute atomic E-state index is 13.9. The Balaban J connectivity index is 0.00000320. The number of nitrogen functional groups attached to an aromatic ring is 2. The molecule has 0 bridgehead atoms. The number of carbonyl (C=O) groups excluding carboxylic acids is 3. The average Bonchev–Trinajstić information content (AvgIpc) is 3.13. The van der Waals surface area contributed by atoms with Gasteiger partial charge in [-0.1, -0.05) is 12.1 Å². The molecule has 0 aromatic heterocycles. The van der Waals surface area contributed by atoms with Crippen LogP contribution in [0, 0.1) is 13.8 Å². The van der Waals surface area contributed by atoms with Crippen molar-refractivity contribution in [3.8, 4) is 11.1 Å². The number of nitrogens with one attached hydrogen (secondary N) is 2. The van der Waals surface area contributed by atoms with Gasteiger partial charge in [-0.2, -0.15) is 10.2 Å². The number of allylic oxidation sites excluding steroid dienone is 4. The van der Waals surface area contributed by atoms with E-state index in [1.54, 1.807) is 37.3 Å². The van der Waals surface area contributed by atoms with Gasteiger partial charge in [-0.25, -0.2) is 16.8 Å². The van der Waals surface area contributed by atoms with Crippen molar-refractivity contribution in [2.45, 2.75) is 18.7 Å². The number of carboxylic acids is 1. The average molecular weight is 877 g/mol. The van der Waals surface area contributed by atoms with Gasteiger partial charge in [-0.15, -0.1) is 10.2 Å². The van der Waals surface area contributed by atoms with Crippen LogP contribution in [0.25, 0.3) is 17.2 Å². The maximum atomic E-state index is 13.9. The zero-order chi connectivity index (χ0) is 41.4. The summed E-state index contributed by atoms with van der Waals surface area (Å²) in [6.45, 7) is 3.51. The van der Waals surface area contributed by atoms with E-state index >= 15 is 0 Å². The third-order valence-corrected chi connectivity index (χ3v) is 10.2. The number of aliphatic carboxylic acids is 1. The van der Waals surface area contributed by atoms with Crippen LogP contribution in [0.15, 0.2) is 121 Å². The molecule has 0 saturated carbocycles. The molecule has 2 aliphatic carbocycles. The Morgan fingerprint density at radius 1 is 0.700 bits per heavy atom. The molecule has 0 amide bonds. The molecule has 290 valence electrons. The van der Waals surface area contributed by atoms with Gasteiger partial charge in [0.2, 0.25) is 5.78 Å². The molecule has 23 heteroatoms. The summed E-state index contributed by atoms with van der Waals surface area (Å²) >= 11 is 0. The van der Waals surface area contributed by atoms with Crippen LogP contribution < -0.4 is 116 Å². The van der Waals surface area contributed by atoms with Crippen molar-refractivity contribution in [3.63, 3.8) is 0 Å². The third kappa shape index (κ3) is 11.4. The second-order valence-electron chi connectivity index (χ2n) is 12.5. The van der Waals surface area contributed by atoms with Gasteiger partial charge in [0, 0.05) is 11.3 Å². The van der Waals surface area contributed by atoms with Crippen LogP contribution in [-0.4, -0.2) is 54.9 Å². The Hall–Kier alpha value is -4.13. The molecule has 0 radical (unpaired) electrons. The van der Waals surface area contributed by atoms with E-state index in [4.69, 9.17) is 11.5 Å². The van der Waals surface area contributed by atoms with Crippen LogP contribution in [0.4, 0.5) is 34.1 Å². The number of carbonyl (C=O) groups is 3. The summed E-state index contributed by atoms with van der Waals surface area (Å²) in [5.74, 6) is -3.45. The molecular weight excluding hydrogens is 850 g/mol. The summed E-state index contributed by atoms with van der Waals surface area (Å²) in [7, 11) is -10.6. The number of nitrogens with two attached hydrogens (primary N) is 2. The smallest absolute Gasteiger partial charge is 0.744 e. The standard InChI is InChI=1S/C37H30N8O10S2.3Na/c1-18-11-20(3-7-28(18)41-40-24-6-10-32(46)26(16-24)37(48)49)21-4-8-29(19(2)12-21)42-45-35-33(57(53,54)55)14-22-13-25(56(50,51)52)17-31(34(22)36(35)47)44-43-30-9-5-23(38)15-27(30)39;;;/h3-17,41-42H,38-39H2,1-2H3,(H,48,49)(H,50,51,52)(H,53,54,55);;;/q;3*+1/p-3/b40-24-,44-43?,45-35+;;;. The second-order valence-corrected chi connectivity index (χ2v) is 15.2. The summed E-state index contributed by atoms with van der Waals surface area (Å²) in [6.07, 6.45) is 4.26. The number of Topliss-reactive ketones (excluding diaryl/α,β-unsaturated/α-hetero) is 1. The number of aryl methyl sites for hydroxylation is 2. The number of fused-ring (bicyclic) bond motifs is 1. The van der Waals surface area contributed by atoms with Gasteiger partial charge in [-0.05, 0) is 121 Å². The largest absolute Gasteiger partial charge is 1.00 e. The van der Waals surface area contributed by atoms with Crippen LogP contribution in [0.5, 0.6) is 0 Å². The van der Waals surface area contributed by atoms with Crippen molar-refractivity contribution in [3.05, 3.63) is 118 Å². The van der Waals surface area contributed by atoms with Gasteiger partial charge in [0.1, 0.15) is 31.6 Å². The number of anilines is 4. The fourth-order valence-corrected chi connectivity index (χ4v) is 6.81. The monoisotopic (exact) mass is 876 g/mol. The minimum Gasteiger partial charge on any atom is -0.744 e. The number of carboxylic acid groups (broad SMARTS) is 1. The molecule has 6 N–H and O–H groups in total. The molecule has 0 atom stereocenters. The Labute approximate surface area is 409 Å². The van der Waals surface area contributed by atoms with Crippen molar-refractivity contribution >= 4 is 89.4 Å². The van der Waals surface area contributed by atoms with Gasteiger partial charge < -0.3 is 30.5 Å². The molecule has 0 aliphatic heterocycles. The first-order valence-corrected chi connectivity index (χ1v) is 19.1. The number of benzene rings is 4. The molecule has 4 aromatic rings. The number of rotatable bonds is 10. The number of nitrogens with zero attached hydrogens (tertiary/aromatic N) is 4. The van der Waals surface area contributed by atoms with Crippen molar-refractivity contribution in [2.24, 2.45) is 20.4 Å². The van der Waals surface area contributed by atoms with E-state index in [1.165, 1.54) is 24.3 Å². The molecular formula is C37H27N8Na3O10S2. The summed E-state index contributed by atoms with van der Waals surface area (Å²) in [5.41, 5.74) is 18.9. The minimum absolute atomic E-state index is 0. The minimum atomic E-state index is -5.41. The Morgan fingerprint density at radius 3 is 1.82 bits per heavy atom. The van der Waals surface area contributed by atoms with E-state index in [9.17, 15) is 45.4 Å². The number of hydrogen-bond acceptors (Lipinski definition) is 18. The van der Waals surface area contributed by atoms with Crippen LogP contribution in [0.1, 0.15) is 27.0 Å². The summed E-state index contributed by atoms with van der Waals surface area (Å²) < 4.78 is 73.2. The summed E-state index contributed by atoms with van der Waals surface area (Å²) in [6, 6.07) is 16.2. The topological polar surface area (TPSA) is 314 Å². The van der Waals surface area contributed by atoms with Gasteiger partial charge in [0.05, 0.1) is 49.8 Å². The fourth-order valence-electron chi connectivity index (χ4n) is 5.64. The van der Waals surface area contributed by atoms with Crippen LogP contribution in [-0.2, 0) is 29.8 Å². The zero-order valence-corrected chi connectivity index (χ0v) is 40.1. The molecule has 0 heterocycles. The number of hydrazone groups is 2. The van der Waals surface area contributed by atoms with E-state index in [-0.39, 0.29) is 106 Å². The molecule has 2 aliphatic rings. The van der Waals surface area contributed by atoms with E-state index in [0.717, 1.165) is 47.1 Å². The molecule has 0 fully saturated rings. The van der Waals surface area contributed by atoms with Gasteiger partial charge in [0.25, 0.3) is 0 Å². The molecule has 0 spiro atoms. The van der Waals surface area contributed by atoms with E-state index < -0.39 is 75.7 Å². The summed E-state index contributed by atoms with van der Waals surface area (Å²) in [4.78, 5) is 34.9. The number of azo groups is 1. The maximum Gasteiger partial charge on any atom is 1.00 e. The predicted molar refractivity (Wildman–Crippen MR) is 207 cm³/mol. The zero-order valence-electron chi connectivity index (χ0n) is 32.5. The van der Waals surface area contributed by atoms with Crippen molar-refractivity contribution in [2.75, 3.05) is 22.3 Å². The first-order chi connectivity index (χ1) is 26.8. The normalized spacial score (nSPS) is 15.0. The Kier molecular flexibility index (Phi) is 16.9. The van der Waals surface area contributed by atoms with E-state index in [1.807, 2.05) is 13.0 Å². The molecule has 60 heavy (non-hydrogen) atoms. The van der Waals surface area contributed by atoms with Crippen molar-refractivity contribution in [1.29, 1.82) is 0 Å². The molecule has 18 nitrogen and oxygen atoms in total. The molecule has 4 aromatic carbocycles. The van der Waals surface area contributed by atoms with Crippen molar-refractivity contribution < 1.29 is 134 Å². The molecule has 6 rings (SSSR count). The quantitative estimate of drug-likeness (QED) is 0.0220. The van der Waals surface area contributed by atoms with Gasteiger partial charge in [-0.3, -0.25) is 20.4 Å². The van der Waals surface area contributed by atoms with Gasteiger partial charge in [0.15, 0.2) is 5.78 Å². The SMILES string of the molecule is Cc1cc(-c2ccc(N/N=C3/C(=O)c4c(cc(S(=O)(=O)[O-])cc4N=Nc4ccc(N)cc4N)C=C3S(=O)(=O)[O-])c(C)c2)ccc1N/N=C1/C=CC(=O)C(C(=O)[O-])=C1.[Na+].[Na+].[Na+]. The van der Waals surface area contributed by atoms with E-state index in [2.05, 4.69) is 31.3 Å². The first-order valence-electron chi connectivity index (χ1n) is 16.3. The fraction of sp³-hybridized carbons (Fsp3) is 0.0541. The summed E-state index contributed by atoms with van der Waals surface area (Å²) in [5, 5.41) is 27.2. The van der Waals surface area contributed by atoms with Crippen molar-refractivity contribution in [1.82, 2.24) is 0 Å². The third-order valence-electron chi connectivity index (χ3n) is 8.52. The Morgan fingerprint density at radius 2 is 1.28 bits per heavy atom.